The Hall–Kier alpha value is -1.67. The van der Waals surface area contributed by atoms with Gasteiger partial charge in [0.2, 0.25) is 5.91 Å². The third kappa shape index (κ3) is 4.17. The van der Waals surface area contributed by atoms with Crippen LogP contribution in [0.2, 0.25) is 0 Å². The summed E-state index contributed by atoms with van der Waals surface area (Å²) >= 11 is 0. The Morgan fingerprint density at radius 2 is 2.05 bits per heavy atom. The Balaban J connectivity index is 2.16. The van der Waals surface area contributed by atoms with Gasteiger partial charge in [0, 0.05) is 19.6 Å². The van der Waals surface area contributed by atoms with Crippen LogP contribution in [0, 0.1) is 5.82 Å². The topological polar surface area (TPSA) is 55.6 Å². The molecule has 22 heavy (non-hydrogen) atoms. The molecule has 2 atom stereocenters. The van der Waals surface area contributed by atoms with Gasteiger partial charge < -0.3 is 10.5 Å². The molecule has 1 aliphatic heterocycles. The summed E-state index contributed by atoms with van der Waals surface area (Å²) in [5.74, 6) is -1.58. The van der Waals surface area contributed by atoms with Gasteiger partial charge in [0.05, 0.1) is 11.7 Å². The second kappa shape index (κ2) is 6.21. The summed E-state index contributed by atoms with van der Waals surface area (Å²) in [5, 5.41) is 0. The summed E-state index contributed by atoms with van der Waals surface area (Å²) in [5.41, 5.74) is 4.34. The highest BCUT2D eigenvalue weighted by Gasteiger charge is 2.32. The van der Waals surface area contributed by atoms with Crippen molar-refractivity contribution < 1.29 is 27.1 Å². The van der Waals surface area contributed by atoms with Crippen LogP contribution >= 0.6 is 0 Å². The first-order valence-electron chi connectivity index (χ1n) is 6.69. The lowest BCUT2D eigenvalue weighted by Crippen LogP contribution is -2.51. The second-order valence-corrected chi connectivity index (χ2v) is 5.38. The third-order valence-corrected chi connectivity index (χ3v) is 3.34. The van der Waals surface area contributed by atoms with Gasteiger partial charge in [-0.2, -0.15) is 13.2 Å². The van der Waals surface area contributed by atoms with Crippen LogP contribution in [-0.2, 0) is 22.3 Å². The molecule has 0 bridgehead atoms. The number of amides is 1. The van der Waals surface area contributed by atoms with Gasteiger partial charge in [0.1, 0.15) is 11.9 Å². The number of carbonyl (C=O) groups is 1. The normalized spacial score (nSPS) is 23.5. The molecule has 122 valence electrons. The largest absolute Gasteiger partial charge is 0.416 e. The predicted molar refractivity (Wildman–Crippen MR) is 70.2 cm³/mol. The predicted octanol–water partition coefficient (Wildman–Crippen LogP) is 1.92. The lowest BCUT2D eigenvalue weighted by molar-refractivity contribution is -0.142. The highest BCUT2D eigenvalue weighted by atomic mass is 19.4. The van der Waals surface area contributed by atoms with Crippen molar-refractivity contribution in [1.29, 1.82) is 0 Å². The minimum Gasteiger partial charge on any atom is -0.367 e. The van der Waals surface area contributed by atoms with E-state index in [1.807, 2.05) is 0 Å². The number of rotatable bonds is 3. The van der Waals surface area contributed by atoms with Crippen molar-refractivity contribution in [3.8, 4) is 0 Å². The average Bonchev–Trinajstić information content (AvgIpc) is 2.36. The first-order chi connectivity index (χ1) is 10.1. The van der Waals surface area contributed by atoms with Crippen LogP contribution in [0.1, 0.15) is 18.1 Å². The molecular weight excluding hydrogens is 304 g/mol. The Labute approximate surface area is 124 Å². The van der Waals surface area contributed by atoms with Gasteiger partial charge >= 0.3 is 6.18 Å². The fourth-order valence-electron chi connectivity index (χ4n) is 2.49. The molecule has 1 amide bonds. The number of nitrogens with zero attached hydrogens (tertiary/aromatic N) is 1. The molecule has 0 aromatic heterocycles. The summed E-state index contributed by atoms with van der Waals surface area (Å²) in [6, 6.07) is 2.41. The molecule has 0 saturated carbocycles. The first-order valence-corrected chi connectivity index (χ1v) is 6.69. The van der Waals surface area contributed by atoms with Crippen molar-refractivity contribution in [3.05, 3.63) is 35.1 Å². The van der Waals surface area contributed by atoms with Gasteiger partial charge in [-0.05, 0) is 30.7 Å². The Morgan fingerprint density at radius 3 is 2.64 bits per heavy atom. The maximum absolute atomic E-state index is 13.4. The number of nitrogens with two attached hydrogens (primary N) is 1. The van der Waals surface area contributed by atoms with Crippen molar-refractivity contribution in [2.45, 2.75) is 31.9 Å². The van der Waals surface area contributed by atoms with Crippen LogP contribution in [-0.4, -0.2) is 36.1 Å². The Kier molecular flexibility index (Phi) is 4.72. The monoisotopic (exact) mass is 320 g/mol. The number of carbonyl (C=O) groups excluding carboxylic acids is 1. The molecule has 1 fully saturated rings. The molecule has 0 unspecified atom stereocenters. The molecule has 4 nitrogen and oxygen atoms in total. The molecule has 1 aromatic rings. The van der Waals surface area contributed by atoms with E-state index in [1.165, 1.54) is 0 Å². The summed E-state index contributed by atoms with van der Waals surface area (Å²) in [6.45, 7) is 2.40. The molecule has 1 heterocycles. The fraction of sp³-hybridized carbons (Fsp3) is 0.500. The van der Waals surface area contributed by atoms with Crippen molar-refractivity contribution in [3.63, 3.8) is 0 Å². The lowest BCUT2D eigenvalue weighted by atomic mass is 10.1. The second-order valence-electron chi connectivity index (χ2n) is 5.38. The van der Waals surface area contributed by atoms with E-state index in [9.17, 15) is 22.4 Å². The summed E-state index contributed by atoms with van der Waals surface area (Å²) in [4.78, 5) is 12.9. The van der Waals surface area contributed by atoms with Crippen LogP contribution in [0.5, 0.6) is 0 Å². The molecule has 8 heteroatoms. The van der Waals surface area contributed by atoms with Gasteiger partial charge in [-0.1, -0.05) is 0 Å². The fourth-order valence-corrected chi connectivity index (χ4v) is 2.49. The number of hydrogen-bond donors (Lipinski definition) is 1. The van der Waals surface area contributed by atoms with E-state index in [0.717, 1.165) is 12.1 Å². The van der Waals surface area contributed by atoms with E-state index in [0.29, 0.717) is 12.6 Å². The minimum absolute atomic E-state index is 0.0817. The number of hydrogen-bond acceptors (Lipinski definition) is 3. The van der Waals surface area contributed by atoms with Crippen LogP contribution in [0.4, 0.5) is 17.6 Å². The van der Waals surface area contributed by atoms with Crippen LogP contribution < -0.4 is 5.73 Å². The van der Waals surface area contributed by atoms with Gasteiger partial charge in [-0.25, -0.2) is 4.39 Å². The smallest absolute Gasteiger partial charge is 0.367 e. The molecule has 2 N–H and O–H groups in total. The molecule has 0 spiro atoms. The standard InChI is InChI=1S/C14H16F4N2O2/c1-8-5-20(7-12(22-8)13(19)21)6-9-2-10(14(16,17)18)4-11(15)3-9/h2-4,8,12H,5-7H2,1H3,(H2,19,21)/t8-,12+/m1/s1. The molecule has 0 aliphatic carbocycles. The summed E-state index contributed by atoms with van der Waals surface area (Å²) in [6.07, 6.45) is -5.72. The quantitative estimate of drug-likeness (QED) is 0.866. The van der Waals surface area contributed by atoms with E-state index in [2.05, 4.69) is 0 Å². The van der Waals surface area contributed by atoms with Crippen molar-refractivity contribution in [1.82, 2.24) is 4.90 Å². The van der Waals surface area contributed by atoms with E-state index in [-0.39, 0.29) is 24.8 Å². The zero-order chi connectivity index (χ0) is 16.5. The summed E-state index contributed by atoms with van der Waals surface area (Å²) < 4.78 is 56.8. The van der Waals surface area contributed by atoms with E-state index in [4.69, 9.17) is 10.5 Å². The zero-order valence-corrected chi connectivity index (χ0v) is 11.9. The Bertz CT molecular complexity index is 562. The van der Waals surface area contributed by atoms with E-state index in [1.54, 1.807) is 11.8 Å². The molecular formula is C14H16F4N2O2. The van der Waals surface area contributed by atoms with Gasteiger partial charge in [-0.15, -0.1) is 0 Å². The SMILES string of the molecule is C[C@@H]1CN(Cc2cc(F)cc(C(F)(F)F)c2)C[C@@H](C(N)=O)O1. The Morgan fingerprint density at radius 1 is 1.36 bits per heavy atom. The number of primary amides is 1. The number of ether oxygens (including phenoxy) is 1. The van der Waals surface area contributed by atoms with Gasteiger partial charge in [0.15, 0.2) is 0 Å². The van der Waals surface area contributed by atoms with Gasteiger partial charge in [-0.3, -0.25) is 9.69 Å². The number of benzene rings is 1. The number of morpholine rings is 1. The molecule has 1 saturated heterocycles. The molecule has 1 aromatic carbocycles. The molecule has 0 radical (unpaired) electrons. The van der Waals surface area contributed by atoms with Gasteiger partial charge in [0.25, 0.3) is 0 Å². The highest BCUT2D eigenvalue weighted by molar-refractivity contribution is 5.79. The minimum atomic E-state index is -4.61. The molecule has 2 rings (SSSR count). The van der Waals surface area contributed by atoms with E-state index >= 15 is 0 Å². The van der Waals surface area contributed by atoms with Crippen molar-refractivity contribution in [2.24, 2.45) is 5.73 Å². The number of alkyl halides is 3. The van der Waals surface area contributed by atoms with Crippen molar-refractivity contribution >= 4 is 5.91 Å². The van der Waals surface area contributed by atoms with Crippen LogP contribution in [0.15, 0.2) is 18.2 Å². The highest BCUT2D eigenvalue weighted by Crippen LogP contribution is 2.30. The third-order valence-electron chi connectivity index (χ3n) is 3.34. The molecule has 1 aliphatic rings. The number of halogens is 4. The first kappa shape index (κ1) is 16.7. The zero-order valence-electron chi connectivity index (χ0n) is 11.9. The van der Waals surface area contributed by atoms with Crippen molar-refractivity contribution in [2.75, 3.05) is 13.1 Å². The van der Waals surface area contributed by atoms with E-state index < -0.39 is 29.6 Å². The maximum Gasteiger partial charge on any atom is 0.416 e. The lowest BCUT2D eigenvalue weighted by Gasteiger charge is -2.35. The summed E-state index contributed by atoms with van der Waals surface area (Å²) in [7, 11) is 0. The average molecular weight is 320 g/mol. The maximum atomic E-state index is 13.4. The van der Waals surface area contributed by atoms with Crippen LogP contribution in [0.3, 0.4) is 0 Å². The van der Waals surface area contributed by atoms with Crippen LogP contribution in [0.25, 0.3) is 0 Å².